The molecule has 0 heterocycles. The molecule has 0 aliphatic heterocycles. The van der Waals surface area contributed by atoms with Crippen LogP contribution in [0, 0.1) is 5.92 Å². The lowest BCUT2D eigenvalue weighted by Gasteiger charge is -2.08. The quantitative estimate of drug-likeness (QED) is 0.782. The van der Waals surface area contributed by atoms with Crippen molar-refractivity contribution in [1.82, 2.24) is 0 Å². The van der Waals surface area contributed by atoms with Gasteiger partial charge in [0, 0.05) is 0 Å². The predicted octanol–water partition coefficient (Wildman–Crippen LogP) is 1.43. The van der Waals surface area contributed by atoms with E-state index >= 15 is 0 Å². The summed E-state index contributed by atoms with van der Waals surface area (Å²) in [6.45, 7) is 0.786. The fourth-order valence-corrected chi connectivity index (χ4v) is 1.56. The third-order valence-corrected chi connectivity index (χ3v) is 2.88. The van der Waals surface area contributed by atoms with E-state index < -0.39 is 12.0 Å². The minimum absolute atomic E-state index is 0.345. The minimum Gasteiger partial charge on any atom is -0.493 e. The number of nitrogens with two attached hydrogens (primary N) is 1. The van der Waals surface area contributed by atoms with E-state index in [2.05, 4.69) is 0 Å². The molecule has 1 aromatic rings. The Kier molecular flexibility index (Phi) is 3.64. The molecule has 4 heteroatoms. The number of benzene rings is 1. The molecule has 17 heavy (non-hydrogen) atoms. The van der Waals surface area contributed by atoms with Crippen molar-refractivity contribution in [3.63, 3.8) is 0 Å². The molecular formula is C13H17NO3. The summed E-state index contributed by atoms with van der Waals surface area (Å²) in [6, 6.07) is 6.63. The first-order valence-electron chi connectivity index (χ1n) is 5.85. The average molecular weight is 235 g/mol. The van der Waals surface area contributed by atoms with Crippen LogP contribution in [-0.4, -0.2) is 23.7 Å². The molecule has 0 amide bonds. The van der Waals surface area contributed by atoms with Gasteiger partial charge in [0.1, 0.15) is 11.8 Å². The molecule has 0 bridgehead atoms. The largest absolute Gasteiger partial charge is 0.493 e. The average Bonchev–Trinajstić information content (AvgIpc) is 3.12. The minimum atomic E-state index is -0.973. The van der Waals surface area contributed by atoms with Gasteiger partial charge in [0.05, 0.1) is 6.61 Å². The van der Waals surface area contributed by atoms with Crippen molar-refractivity contribution >= 4 is 5.97 Å². The number of carboxylic acids is 1. The Hall–Kier alpha value is -1.55. The highest BCUT2D eigenvalue weighted by Crippen LogP contribution is 2.29. The number of carbonyl (C=O) groups is 1. The maximum Gasteiger partial charge on any atom is 0.320 e. The van der Waals surface area contributed by atoms with E-state index in [-0.39, 0.29) is 0 Å². The van der Waals surface area contributed by atoms with Crippen molar-refractivity contribution in [1.29, 1.82) is 0 Å². The van der Waals surface area contributed by atoms with E-state index in [9.17, 15) is 4.79 Å². The summed E-state index contributed by atoms with van der Waals surface area (Å²) in [7, 11) is 0. The van der Waals surface area contributed by atoms with Crippen LogP contribution in [0.4, 0.5) is 0 Å². The molecule has 92 valence electrons. The fraction of sp³-hybridized carbons (Fsp3) is 0.462. The molecule has 0 saturated heterocycles. The third kappa shape index (κ3) is 3.75. The van der Waals surface area contributed by atoms with Crippen molar-refractivity contribution in [2.45, 2.75) is 25.3 Å². The summed E-state index contributed by atoms with van der Waals surface area (Å²) in [5.74, 6) is 0.596. The molecule has 2 rings (SSSR count). The molecule has 1 aliphatic rings. The van der Waals surface area contributed by atoms with Crippen LogP contribution in [0.3, 0.4) is 0 Å². The van der Waals surface area contributed by atoms with Crippen LogP contribution in [0.15, 0.2) is 24.3 Å². The normalized spacial score (nSPS) is 16.5. The van der Waals surface area contributed by atoms with Crippen molar-refractivity contribution in [2.24, 2.45) is 11.7 Å². The molecule has 1 atom stereocenters. The summed E-state index contributed by atoms with van der Waals surface area (Å²) in [6.07, 6.45) is 2.88. The van der Waals surface area contributed by atoms with Gasteiger partial charge in [-0.2, -0.15) is 0 Å². The number of carboxylic acid groups (broad SMARTS) is 1. The highest BCUT2D eigenvalue weighted by molar-refractivity contribution is 5.73. The molecule has 1 aliphatic carbocycles. The van der Waals surface area contributed by atoms with Crippen LogP contribution in [-0.2, 0) is 11.2 Å². The van der Waals surface area contributed by atoms with E-state index in [1.807, 2.05) is 24.3 Å². The number of hydrogen-bond acceptors (Lipinski definition) is 3. The van der Waals surface area contributed by atoms with Crippen LogP contribution >= 0.6 is 0 Å². The molecule has 0 aromatic heterocycles. The van der Waals surface area contributed by atoms with Gasteiger partial charge >= 0.3 is 5.97 Å². The Balaban J connectivity index is 1.85. The first-order valence-corrected chi connectivity index (χ1v) is 5.85. The second kappa shape index (κ2) is 5.19. The molecule has 3 N–H and O–H groups in total. The first-order chi connectivity index (χ1) is 8.15. The monoisotopic (exact) mass is 235 g/mol. The summed E-state index contributed by atoms with van der Waals surface area (Å²) in [5.41, 5.74) is 6.38. The van der Waals surface area contributed by atoms with Gasteiger partial charge in [-0.3, -0.25) is 4.79 Å². The highest BCUT2D eigenvalue weighted by Gasteiger charge is 2.21. The lowest BCUT2D eigenvalue weighted by Crippen LogP contribution is -2.32. The lowest BCUT2D eigenvalue weighted by atomic mass is 10.1. The molecule has 1 fully saturated rings. The summed E-state index contributed by atoms with van der Waals surface area (Å²) in [4.78, 5) is 10.6. The molecule has 1 aromatic carbocycles. The Morgan fingerprint density at radius 3 is 2.59 bits per heavy atom. The van der Waals surface area contributed by atoms with Gasteiger partial charge in [-0.15, -0.1) is 0 Å². The van der Waals surface area contributed by atoms with Crippen LogP contribution < -0.4 is 10.5 Å². The molecule has 1 unspecified atom stereocenters. The van der Waals surface area contributed by atoms with Gasteiger partial charge in [0.2, 0.25) is 0 Å². The zero-order valence-corrected chi connectivity index (χ0v) is 9.63. The van der Waals surface area contributed by atoms with Crippen molar-refractivity contribution in [3.05, 3.63) is 29.8 Å². The van der Waals surface area contributed by atoms with E-state index in [0.717, 1.165) is 23.8 Å². The molecule has 0 spiro atoms. The summed E-state index contributed by atoms with van der Waals surface area (Å²) < 4.78 is 5.59. The maximum absolute atomic E-state index is 10.6. The van der Waals surface area contributed by atoms with Crippen molar-refractivity contribution < 1.29 is 14.6 Å². The number of ether oxygens (including phenoxy) is 1. The predicted molar refractivity (Wildman–Crippen MR) is 64.0 cm³/mol. The van der Waals surface area contributed by atoms with Gasteiger partial charge < -0.3 is 15.6 Å². The van der Waals surface area contributed by atoms with Gasteiger partial charge in [-0.25, -0.2) is 0 Å². The Labute approximate surface area is 100 Å². The zero-order chi connectivity index (χ0) is 12.3. The Morgan fingerprint density at radius 1 is 1.41 bits per heavy atom. The maximum atomic E-state index is 10.6. The van der Waals surface area contributed by atoms with E-state index in [1.54, 1.807) is 0 Å². The van der Waals surface area contributed by atoms with Gasteiger partial charge in [-0.1, -0.05) is 12.1 Å². The number of rotatable bonds is 6. The SMILES string of the molecule is NC(Cc1ccc(OCC2CC2)cc1)C(=O)O. The van der Waals surface area contributed by atoms with Gasteiger partial charge in [0.15, 0.2) is 0 Å². The summed E-state index contributed by atoms with van der Waals surface area (Å²) in [5, 5.41) is 8.70. The number of aliphatic carboxylic acids is 1. The highest BCUT2D eigenvalue weighted by atomic mass is 16.5. The smallest absolute Gasteiger partial charge is 0.320 e. The second-order valence-electron chi connectivity index (χ2n) is 4.55. The van der Waals surface area contributed by atoms with E-state index in [0.29, 0.717) is 6.42 Å². The third-order valence-electron chi connectivity index (χ3n) is 2.88. The fourth-order valence-electron chi connectivity index (χ4n) is 1.56. The molecule has 4 nitrogen and oxygen atoms in total. The summed E-state index contributed by atoms with van der Waals surface area (Å²) >= 11 is 0. The van der Waals surface area contributed by atoms with E-state index in [4.69, 9.17) is 15.6 Å². The van der Waals surface area contributed by atoms with Crippen LogP contribution in [0.25, 0.3) is 0 Å². The van der Waals surface area contributed by atoms with Crippen LogP contribution in [0.1, 0.15) is 18.4 Å². The Bertz CT molecular complexity index is 384. The standard InChI is InChI=1S/C13H17NO3/c14-12(13(15)16)7-9-3-5-11(6-4-9)17-8-10-1-2-10/h3-6,10,12H,1-2,7-8,14H2,(H,15,16). The molecular weight excluding hydrogens is 218 g/mol. The lowest BCUT2D eigenvalue weighted by molar-refractivity contribution is -0.138. The molecule has 1 saturated carbocycles. The van der Waals surface area contributed by atoms with Gasteiger partial charge in [0.25, 0.3) is 0 Å². The van der Waals surface area contributed by atoms with Crippen LogP contribution in [0.5, 0.6) is 5.75 Å². The van der Waals surface area contributed by atoms with Gasteiger partial charge in [-0.05, 0) is 42.9 Å². The van der Waals surface area contributed by atoms with Crippen molar-refractivity contribution in [3.8, 4) is 5.75 Å². The Morgan fingerprint density at radius 2 is 2.06 bits per heavy atom. The van der Waals surface area contributed by atoms with Crippen LogP contribution in [0.2, 0.25) is 0 Å². The first kappa shape index (κ1) is 11.9. The second-order valence-corrected chi connectivity index (χ2v) is 4.55. The number of hydrogen-bond donors (Lipinski definition) is 2. The topological polar surface area (TPSA) is 72.5 Å². The molecule has 0 radical (unpaired) electrons. The zero-order valence-electron chi connectivity index (χ0n) is 9.63. The van der Waals surface area contributed by atoms with E-state index in [1.165, 1.54) is 12.8 Å². The van der Waals surface area contributed by atoms with Crippen molar-refractivity contribution in [2.75, 3.05) is 6.61 Å².